The lowest BCUT2D eigenvalue weighted by Gasteiger charge is -2.36. The van der Waals surface area contributed by atoms with E-state index < -0.39 is 6.04 Å². The van der Waals surface area contributed by atoms with Gasteiger partial charge in [-0.1, -0.05) is 54.6 Å². The molecule has 6 heteroatoms. The molecular formula is C24H27N3O3. The quantitative estimate of drug-likeness (QED) is 0.720. The summed E-state index contributed by atoms with van der Waals surface area (Å²) in [6.07, 6.45) is 2.56. The SMILES string of the molecule is O=C(NCCCN1CCCC1=O)[C@H]1c2ccccc2CC(=O)N1Cc1ccccc1. The molecule has 2 aromatic carbocycles. The van der Waals surface area contributed by atoms with Crippen LogP contribution in [0.15, 0.2) is 54.6 Å². The van der Waals surface area contributed by atoms with Crippen LogP contribution in [0.4, 0.5) is 0 Å². The van der Waals surface area contributed by atoms with Gasteiger partial charge >= 0.3 is 0 Å². The van der Waals surface area contributed by atoms with Crippen molar-refractivity contribution in [3.8, 4) is 0 Å². The molecule has 6 nitrogen and oxygen atoms in total. The Balaban J connectivity index is 1.46. The largest absolute Gasteiger partial charge is 0.354 e. The van der Waals surface area contributed by atoms with Crippen LogP contribution >= 0.6 is 0 Å². The number of nitrogens with zero attached hydrogens (tertiary/aromatic N) is 2. The molecule has 2 aromatic rings. The molecule has 4 rings (SSSR count). The van der Waals surface area contributed by atoms with Gasteiger partial charge in [0.25, 0.3) is 0 Å². The molecule has 2 aliphatic rings. The van der Waals surface area contributed by atoms with Crippen LogP contribution in [-0.4, -0.2) is 47.2 Å². The van der Waals surface area contributed by atoms with E-state index in [0.717, 1.165) is 29.7 Å². The van der Waals surface area contributed by atoms with Gasteiger partial charge in [0.15, 0.2) is 0 Å². The fourth-order valence-corrected chi connectivity index (χ4v) is 4.30. The molecule has 1 atom stereocenters. The summed E-state index contributed by atoms with van der Waals surface area (Å²) in [6.45, 7) is 2.35. The van der Waals surface area contributed by atoms with Crippen molar-refractivity contribution in [2.75, 3.05) is 19.6 Å². The van der Waals surface area contributed by atoms with Crippen LogP contribution in [0.3, 0.4) is 0 Å². The van der Waals surface area contributed by atoms with Crippen molar-refractivity contribution in [1.29, 1.82) is 0 Å². The number of amides is 3. The normalized spacial score (nSPS) is 18.5. The molecule has 0 aromatic heterocycles. The summed E-state index contributed by atoms with van der Waals surface area (Å²) in [5, 5.41) is 3.00. The Morgan fingerprint density at radius 1 is 1.00 bits per heavy atom. The average molecular weight is 405 g/mol. The molecule has 1 fully saturated rings. The van der Waals surface area contributed by atoms with Crippen molar-refractivity contribution in [3.63, 3.8) is 0 Å². The Bertz CT molecular complexity index is 928. The van der Waals surface area contributed by atoms with Gasteiger partial charge in [0.2, 0.25) is 17.7 Å². The first-order chi connectivity index (χ1) is 14.6. The van der Waals surface area contributed by atoms with E-state index in [1.807, 2.05) is 59.5 Å². The van der Waals surface area contributed by atoms with Crippen LogP contribution in [-0.2, 0) is 27.3 Å². The van der Waals surface area contributed by atoms with Gasteiger partial charge in [0.05, 0.1) is 6.42 Å². The maximum absolute atomic E-state index is 13.2. The fraction of sp³-hybridized carbons (Fsp3) is 0.375. The Kier molecular flexibility index (Phi) is 6.12. The summed E-state index contributed by atoms with van der Waals surface area (Å²) in [5.41, 5.74) is 2.80. The van der Waals surface area contributed by atoms with Gasteiger partial charge in [-0.15, -0.1) is 0 Å². The molecule has 156 valence electrons. The second kappa shape index (κ2) is 9.11. The summed E-state index contributed by atoms with van der Waals surface area (Å²) >= 11 is 0. The number of likely N-dealkylation sites (tertiary alicyclic amines) is 1. The third kappa shape index (κ3) is 4.37. The minimum absolute atomic E-state index is 0.0413. The van der Waals surface area contributed by atoms with E-state index in [1.165, 1.54) is 0 Å². The summed E-state index contributed by atoms with van der Waals surface area (Å²) in [5.74, 6) is -0.0123. The summed E-state index contributed by atoms with van der Waals surface area (Å²) < 4.78 is 0. The third-order valence-corrected chi connectivity index (χ3v) is 5.84. The van der Waals surface area contributed by atoms with Crippen LogP contribution in [0.5, 0.6) is 0 Å². The maximum Gasteiger partial charge on any atom is 0.247 e. The summed E-state index contributed by atoms with van der Waals surface area (Å²) in [6, 6.07) is 16.8. The predicted octanol–water partition coefficient (Wildman–Crippen LogP) is 2.44. The topological polar surface area (TPSA) is 69.7 Å². The number of hydrogen-bond donors (Lipinski definition) is 1. The molecule has 1 N–H and O–H groups in total. The molecule has 0 unspecified atom stereocenters. The molecule has 0 aliphatic carbocycles. The zero-order valence-corrected chi connectivity index (χ0v) is 17.0. The molecule has 0 radical (unpaired) electrons. The van der Waals surface area contributed by atoms with Gasteiger partial charge in [-0.05, 0) is 29.5 Å². The molecular weight excluding hydrogens is 378 g/mol. The molecule has 1 saturated heterocycles. The summed E-state index contributed by atoms with van der Waals surface area (Å²) in [7, 11) is 0. The minimum atomic E-state index is -0.643. The zero-order chi connectivity index (χ0) is 20.9. The lowest BCUT2D eigenvalue weighted by molar-refractivity contribution is -0.142. The van der Waals surface area contributed by atoms with E-state index in [0.29, 0.717) is 38.9 Å². The fourth-order valence-electron chi connectivity index (χ4n) is 4.30. The maximum atomic E-state index is 13.2. The first-order valence-electron chi connectivity index (χ1n) is 10.6. The van der Waals surface area contributed by atoms with E-state index in [-0.39, 0.29) is 17.7 Å². The second-order valence-corrected chi connectivity index (χ2v) is 7.91. The van der Waals surface area contributed by atoms with E-state index in [1.54, 1.807) is 4.90 Å². The van der Waals surface area contributed by atoms with Crippen LogP contribution in [0.1, 0.15) is 42.0 Å². The van der Waals surface area contributed by atoms with Gasteiger partial charge in [-0.25, -0.2) is 0 Å². The van der Waals surface area contributed by atoms with Gasteiger partial charge in [-0.3, -0.25) is 14.4 Å². The number of carbonyl (C=O) groups excluding carboxylic acids is 3. The van der Waals surface area contributed by atoms with Crippen LogP contribution in [0.25, 0.3) is 0 Å². The van der Waals surface area contributed by atoms with E-state index in [2.05, 4.69) is 5.32 Å². The minimum Gasteiger partial charge on any atom is -0.354 e. The molecule has 0 saturated carbocycles. The van der Waals surface area contributed by atoms with E-state index >= 15 is 0 Å². The monoisotopic (exact) mass is 405 g/mol. The molecule has 2 aliphatic heterocycles. The van der Waals surface area contributed by atoms with Crippen molar-refractivity contribution in [2.24, 2.45) is 0 Å². The lowest BCUT2D eigenvalue weighted by Crippen LogP contribution is -2.47. The Hall–Kier alpha value is -3.15. The zero-order valence-electron chi connectivity index (χ0n) is 17.0. The number of carbonyl (C=O) groups is 3. The average Bonchev–Trinajstić information content (AvgIpc) is 3.17. The van der Waals surface area contributed by atoms with Crippen molar-refractivity contribution >= 4 is 17.7 Å². The van der Waals surface area contributed by atoms with E-state index in [9.17, 15) is 14.4 Å². The second-order valence-electron chi connectivity index (χ2n) is 7.91. The Morgan fingerprint density at radius 3 is 2.53 bits per heavy atom. The lowest BCUT2D eigenvalue weighted by atomic mass is 9.91. The van der Waals surface area contributed by atoms with Crippen LogP contribution in [0, 0.1) is 0 Å². The highest BCUT2D eigenvalue weighted by molar-refractivity contribution is 5.92. The number of benzene rings is 2. The number of nitrogens with one attached hydrogen (secondary N) is 1. The summed E-state index contributed by atoms with van der Waals surface area (Å²) in [4.78, 5) is 41.4. The third-order valence-electron chi connectivity index (χ3n) is 5.84. The van der Waals surface area contributed by atoms with Crippen molar-refractivity contribution < 1.29 is 14.4 Å². The smallest absolute Gasteiger partial charge is 0.247 e. The molecule has 2 heterocycles. The van der Waals surface area contributed by atoms with Gasteiger partial charge in [0.1, 0.15) is 6.04 Å². The first-order valence-corrected chi connectivity index (χ1v) is 10.6. The van der Waals surface area contributed by atoms with E-state index in [4.69, 9.17) is 0 Å². The van der Waals surface area contributed by atoms with Crippen molar-refractivity contribution in [1.82, 2.24) is 15.1 Å². The molecule has 0 spiro atoms. The number of fused-ring (bicyclic) bond motifs is 1. The van der Waals surface area contributed by atoms with Crippen molar-refractivity contribution in [2.45, 2.75) is 38.3 Å². The predicted molar refractivity (Wildman–Crippen MR) is 113 cm³/mol. The van der Waals surface area contributed by atoms with Crippen LogP contribution < -0.4 is 5.32 Å². The number of rotatable bonds is 7. The molecule has 0 bridgehead atoms. The molecule has 3 amide bonds. The highest BCUT2D eigenvalue weighted by atomic mass is 16.2. The Labute approximate surface area is 176 Å². The highest BCUT2D eigenvalue weighted by Gasteiger charge is 2.36. The standard InChI is InChI=1S/C24H27N3O3/c28-21-12-6-14-26(21)15-7-13-25-24(30)23-20-11-5-4-10-19(20)16-22(29)27(23)17-18-8-2-1-3-9-18/h1-5,8-11,23H,6-7,12-17H2,(H,25,30)/t23-/m1/s1. The van der Waals surface area contributed by atoms with Crippen LogP contribution in [0.2, 0.25) is 0 Å². The Morgan fingerprint density at radius 2 is 1.77 bits per heavy atom. The first kappa shape index (κ1) is 20.1. The highest BCUT2D eigenvalue weighted by Crippen LogP contribution is 2.32. The number of hydrogen-bond acceptors (Lipinski definition) is 3. The van der Waals surface area contributed by atoms with Gasteiger partial charge in [0, 0.05) is 32.6 Å². The van der Waals surface area contributed by atoms with Gasteiger partial charge in [-0.2, -0.15) is 0 Å². The van der Waals surface area contributed by atoms with Gasteiger partial charge < -0.3 is 15.1 Å². The van der Waals surface area contributed by atoms with Crippen molar-refractivity contribution in [3.05, 3.63) is 71.3 Å². The molecule has 30 heavy (non-hydrogen) atoms.